The molecular weight excluding hydrogens is 284 g/mol. The van der Waals surface area contributed by atoms with Crippen molar-refractivity contribution in [1.82, 2.24) is 14.5 Å². The molecule has 0 aromatic carbocycles. The Labute approximate surface area is 117 Å². The molecule has 1 aromatic heterocycles. The lowest BCUT2D eigenvalue weighted by molar-refractivity contribution is 0.0686. The lowest BCUT2D eigenvalue weighted by Crippen LogP contribution is -2.38. The summed E-state index contributed by atoms with van der Waals surface area (Å²) in [5.74, 6) is -1.42. The Balaban J connectivity index is 3.38. The van der Waals surface area contributed by atoms with Crippen LogP contribution in [0.2, 0.25) is 0 Å². The molecule has 0 atom stereocenters. The third-order valence-electron chi connectivity index (χ3n) is 2.68. The summed E-state index contributed by atoms with van der Waals surface area (Å²) in [6.45, 7) is 4.75. The van der Waals surface area contributed by atoms with Gasteiger partial charge < -0.3 is 5.11 Å². The summed E-state index contributed by atoms with van der Waals surface area (Å²) in [7, 11) is -4.03. The van der Waals surface area contributed by atoms with Crippen molar-refractivity contribution in [3.8, 4) is 6.07 Å². The number of nitrogens with zero attached hydrogens (tertiary/aromatic N) is 3. The van der Waals surface area contributed by atoms with Gasteiger partial charge in [-0.05, 0) is 20.8 Å². The van der Waals surface area contributed by atoms with Crippen molar-refractivity contribution >= 4 is 16.0 Å². The normalized spacial score (nSPS) is 11.8. The third-order valence-corrected chi connectivity index (χ3v) is 4.92. The second-order valence-corrected chi connectivity index (χ2v) is 6.28. The number of aromatic amines is 1. The number of sulfonamides is 1. The Morgan fingerprint density at radius 3 is 2.60 bits per heavy atom. The van der Waals surface area contributed by atoms with Gasteiger partial charge in [-0.3, -0.25) is 5.10 Å². The van der Waals surface area contributed by atoms with E-state index in [4.69, 9.17) is 10.4 Å². The molecule has 1 aromatic rings. The number of rotatable bonds is 6. The van der Waals surface area contributed by atoms with Crippen LogP contribution < -0.4 is 0 Å². The highest BCUT2D eigenvalue weighted by molar-refractivity contribution is 7.89. The van der Waals surface area contributed by atoms with E-state index < -0.39 is 27.7 Å². The number of hydrogen-bond acceptors (Lipinski definition) is 5. The SMILES string of the molecule is Cc1[nH]nc(C(=O)O)c1S(=O)(=O)N(CCC#N)C(C)C. The minimum atomic E-state index is -4.03. The Hall–Kier alpha value is -1.92. The first-order chi connectivity index (χ1) is 9.23. The number of carboxylic acids is 1. The molecule has 9 heteroatoms. The highest BCUT2D eigenvalue weighted by atomic mass is 32.2. The van der Waals surface area contributed by atoms with E-state index in [0.717, 1.165) is 4.31 Å². The average Bonchev–Trinajstić information content (AvgIpc) is 2.71. The molecule has 0 bridgehead atoms. The zero-order chi connectivity index (χ0) is 15.5. The van der Waals surface area contributed by atoms with Crippen molar-refractivity contribution in [3.05, 3.63) is 11.4 Å². The second kappa shape index (κ2) is 6.02. The maximum absolute atomic E-state index is 12.6. The highest BCUT2D eigenvalue weighted by Gasteiger charge is 2.34. The van der Waals surface area contributed by atoms with E-state index in [1.54, 1.807) is 13.8 Å². The van der Waals surface area contributed by atoms with Crippen LogP contribution in [0.5, 0.6) is 0 Å². The lowest BCUT2D eigenvalue weighted by atomic mass is 10.3. The zero-order valence-electron chi connectivity index (χ0n) is 11.4. The first kappa shape index (κ1) is 16.1. The van der Waals surface area contributed by atoms with Crippen molar-refractivity contribution in [3.63, 3.8) is 0 Å². The highest BCUT2D eigenvalue weighted by Crippen LogP contribution is 2.24. The fourth-order valence-corrected chi connectivity index (χ4v) is 3.74. The number of nitrogens with one attached hydrogen (secondary N) is 1. The fraction of sp³-hybridized carbons (Fsp3) is 0.545. The van der Waals surface area contributed by atoms with Crippen LogP contribution in [0.15, 0.2) is 4.90 Å². The molecule has 1 heterocycles. The molecule has 8 nitrogen and oxygen atoms in total. The minimum absolute atomic E-state index is 0.000178. The molecule has 0 radical (unpaired) electrons. The number of hydrogen-bond donors (Lipinski definition) is 2. The van der Waals surface area contributed by atoms with Gasteiger partial charge in [-0.15, -0.1) is 0 Å². The van der Waals surface area contributed by atoms with Gasteiger partial charge in [0.25, 0.3) is 0 Å². The first-order valence-corrected chi connectivity index (χ1v) is 7.34. The van der Waals surface area contributed by atoms with E-state index in [-0.39, 0.29) is 23.6 Å². The first-order valence-electron chi connectivity index (χ1n) is 5.90. The smallest absolute Gasteiger partial charge is 0.357 e. The monoisotopic (exact) mass is 300 g/mol. The van der Waals surface area contributed by atoms with Gasteiger partial charge in [0.2, 0.25) is 10.0 Å². The van der Waals surface area contributed by atoms with E-state index in [9.17, 15) is 13.2 Å². The summed E-state index contributed by atoms with van der Waals surface area (Å²) in [6, 6.07) is 1.48. The molecule has 0 aliphatic heterocycles. The van der Waals surface area contributed by atoms with Gasteiger partial charge in [-0.2, -0.15) is 14.7 Å². The van der Waals surface area contributed by atoms with Crippen LogP contribution in [-0.4, -0.2) is 46.6 Å². The predicted molar refractivity (Wildman–Crippen MR) is 69.5 cm³/mol. The summed E-state index contributed by atoms with van der Waals surface area (Å²) in [6.07, 6.45) is 0.0245. The van der Waals surface area contributed by atoms with Crippen molar-refractivity contribution in [2.45, 2.75) is 38.1 Å². The largest absolute Gasteiger partial charge is 0.476 e. The van der Waals surface area contributed by atoms with E-state index in [2.05, 4.69) is 10.2 Å². The number of nitriles is 1. The summed E-state index contributed by atoms with van der Waals surface area (Å²) in [4.78, 5) is 10.7. The number of H-pyrrole nitrogens is 1. The summed E-state index contributed by atoms with van der Waals surface area (Å²) in [5.41, 5.74) is -0.380. The number of carboxylic acid groups (broad SMARTS) is 1. The number of aryl methyl sites for hydroxylation is 1. The molecule has 0 aliphatic carbocycles. The van der Waals surface area contributed by atoms with Gasteiger partial charge in [-0.1, -0.05) is 0 Å². The molecule has 110 valence electrons. The Morgan fingerprint density at radius 1 is 1.55 bits per heavy atom. The average molecular weight is 300 g/mol. The molecule has 20 heavy (non-hydrogen) atoms. The topological polar surface area (TPSA) is 127 Å². The standard InChI is InChI=1S/C11H16N4O4S/c1-7(2)15(6-4-5-12)20(18,19)10-8(3)13-14-9(10)11(16)17/h7H,4,6H2,1-3H3,(H,13,14)(H,16,17). The summed E-state index contributed by atoms with van der Waals surface area (Å²) >= 11 is 0. The van der Waals surface area contributed by atoms with Crippen molar-refractivity contribution in [1.29, 1.82) is 5.26 Å². The van der Waals surface area contributed by atoms with E-state index >= 15 is 0 Å². The maximum atomic E-state index is 12.6. The third kappa shape index (κ3) is 2.97. The minimum Gasteiger partial charge on any atom is -0.476 e. The van der Waals surface area contributed by atoms with Gasteiger partial charge in [0.1, 0.15) is 4.90 Å². The van der Waals surface area contributed by atoms with Crippen molar-refractivity contribution in [2.75, 3.05) is 6.54 Å². The van der Waals surface area contributed by atoms with E-state index in [1.807, 2.05) is 6.07 Å². The molecule has 0 aliphatic rings. The number of aromatic nitrogens is 2. The molecule has 0 spiro atoms. The molecule has 0 amide bonds. The van der Waals surface area contributed by atoms with Crippen LogP contribution >= 0.6 is 0 Å². The molecule has 2 N–H and O–H groups in total. The van der Waals surface area contributed by atoms with Gasteiger partial charge >= 0.3 is 5.97 Å². The number of carbonyl (C=O) groups is 1. The van der Waals surface area contributed by atoms with Gasteiger partial charge in [0.15, 0.2) is 5.69 Å². The molecule has 0 unspecified atom stereocenters. The van der Waals surface area contributed by atoms with Crippen molar-refractivity contribution < 1.29 is 18.3 Å². The van der Waals surface area contributed by atoms with E-state index in [0.29, 0.717) is 0 Å². The predicted octanol–water partition coefficient (Wildman–Crippen LogP) is 0.729. The quantitative estimate of drug-likeness (QED) is 0.797. The summed E-state index contributed by atoms with van der Waals surface area (Å²) < 4.78 is 26.3. The fourth-order valence-electron chi connectivity index (χ4n) is 1.81. The van der Waals surface area contributed by atoms with Crippen LogP contribution in [0.4, 0.5) is 0 Å². The lowest BCUT2D eigenvalue weighted by Gasteiger charge is -2.24. The van der Waals surface area contributed by atoms with Crippen molar-refractivity contribution in [2.24, 2.45) is 0 Å². The van der Waals surface area contributed by atoms with Crippen LogP contribution in [0.1, 0.15) is 36.5 Å². The van der Waals surface area contributed by atoms with Gasteiger partial charge in [0.05, 0.1) is 11.8 Å². The molecule has 0 saturated heterocycles. The van der Waals surface area contributed by atoms with Crippen LogP contribution in [0.3, 0.4) is 0 Å². The molecule has 0 fully saturated rings. The number of aromatic carboxylic acids is 1. The van der Waals surface area contributed by atoms with Crippen LogP contribution in [0, 0.1) is 18.3 Å². The summed E-state index contributed by atoms with van der Waals surface area (Å²) in [5, 5.41) is 23.5. The molecule has 1 rings (SSSR count). The maximum Gasteiger partial charge on any atom is 0.357 e. The molecule has 0 saturated carbocycles. The van der Waals surface area contributed by atoms with E-state index in [1.165, 1.54) is 6.92 Å². The zero-order valence-corrected chi connectivity index (χ0v) is 12.2. The van der Waals surface area contributed by atoms with Gasteiger partial charge in [0, 0.05) is 19.0 Å². The Bertz CT molecular complexity index is 642. The second-order valence-electron chi connectivity index (χ2n) is 4.45. The Morgan fingerprint density at radius 2 is 2.15 bits per heavy atom. The van der Waals surface area contributed by atoms with Crippen LogP contribution in [0.25, 0.3) is 0 Å². The van der Waals surface area contributed by atoms with Crippen LogP contribution in [-0.2, 0) is 10.0 Å². The Kier molecular flexibility index (Phi) is 4.86. The molecular formula is C11H16N4O4S. The van der Waals surface area contributed by atoms with Gasteiger partial charge in [-0.25, -0.2) is 13.2 Å².